The first-order valence-electron chi connectivity index (χ1n) is 6.07. The number of aromatic nitrogens is 2. The number of aryl methyl sites for hydroxylation is 1. The Kier molecular flexibility index (Phi) is 3.93. The molecule has 6 heteroatoms. The smallest absolute Gasteiger partial charge is 0.345 e. The second-order valence-corrected chi connectivity index (χ2v) is 4.12. The molecule has 0 bridgehead atoms. The van der Waals surface area contributed by atoms with Crippen molar-refractivity contribution in [2.45, 2.75) is 13.8 Å². The summed E-state index contributed by atoms with van der Waals surface area (Å²) in [5, 5.41) is 0. The number of esters is 1. The molecule has 0 atom stereocenters. The van der Waals surface area contributed by atoms with Gasteiger partial charge in [0.1, 0.15) is 11.4 Å². The molecule has 0 spiro atoms. The second kappa shape index (κ2) is 5.64. The number of carbonyl (C=O) groups is 1. The van der Waals surface area contributed by atoms with Gasteiger partial charge in [0.15, 0.2) is 0 Å². The standard InChI is InChI=1S/C14H13FN2O3/c1-3-20-13(18)11-8(2)16-14(19)17-12(11)9-5-4-6-10(15)7-9/h4-7H,3H2,1-2H3,(H,16,17,19). The van der Waals surface area contributed by atoms with Gasteiger partial charge in [-0.15, -0.1) is 0 Å². The second-order valence-electron chi connectivity index (χ2n) is 4.12. The lowest BCUT2D eigenvalue weighted by atomic mass is 10.0. The molecule has 1 aromatic carbocycles. The van der Waals surface area contributed by atoms with Gasteiger partial charge in [-0.05, 0) is 26.0 Å². The normalized spacial score (nSPS) is 10.3. The Balaban J connectivity index is 2.68. The van der Waals surface area contributed by atoms with Gasteiger partial charge in [0.25, 0.3) is 0 Å². The molecule has 0 amide bonds. The molecule has 5 nitrogen and oxygen atoms in total. The summed E-state index contributed by atoms with van der Waals surface area (Å²) in [4.78, 5) is 29.7. The summed E-state index contributed by atoms with van der Waals surface area (Å²) in [6.45, 7) is 3.44. The Morgan fingerprint density at radius 3 is 2.85 bits per heavy atom. The largest absolute Gasteiger partial charge is 0.462 e. The fourth-order valence-electron chi connectivity index (χ4n) is 1.88. The van der Waals surface area contributed by atoms with Crippen LogP contribution in [0.2, 0.25) is 0 Å². The van der Waals surface area contributed by atoms with Crippen LogP contribution in [0.15, 0.2) is 29.1 Å². The Hall–Kier alpha value is -2.50. The highest BCUT2D eigenvalue weighted by Crippen LogP contribution is 2.23. The van der Waals surface area contributed by atoms with E-state index >= 15 is 0 Å². The number of nitrogens with one attached hydrogen (secondary N) is 1. The third-order valence-corrected chi connectivity index (χ3v) is 2.70. The van der Waals surface area contributed by atoms with Crippen molar-refractivity contribution < 1.29 is 13.9 Å². The zero-order chi connectivity index (χ0) is 14.7. The summed E-state index contributed by atoms with van der Waals surface area (Å²) in [5.74, 6) is -1.08. The van der Waals surface area contributed by atoms with Crippen molar-refractivity contribution in [1.29, 1.82) is 0 Å². The third-order valence-electron chi connectivity index (χ3n) is 2.70. The first-order chi connectivity index (χ1) is 9.52. The molecule has 0 aliphatic heterocycles. The van der Waals surface area contributed by atoms with E-state index in [1.165, 1.54) is 18.2 Å². The molecule has 0 saturated heterocycles. The average Bonchev–Trinajstić information content (AvgIpc) is 2.37. The number of ether oxygens (including phenoxy) is 1. The summed E-state index contributed by atoms with van der Waals surface area (Å²) < 4.78 is 18.3. The molecule has 2 aromatic rings. The van der Waals surface area contributed by atoms with Gasteiger partial charge in [0, 0.05) is 11.3 Å². The number of H-pyrrole nitrogens is 1. The molecular weight excluding hydrogens is 263 g/mol. The van der Waals surface area contributed by atoms with E-state index in [4.69, 9.17) is 4.74 Å². The number of aromatic amines is 1. The van der Waals surface area contributed by atoms with Crippen LogP contribution in [0.4, 0.5) is 4.39 Å². The third kappa shape index (κ3) is 2.74. The van der Waals surface area contributed by atoms with Crippen molar-refractivity contribution in [3.63, 3.8) is 0 Å². The summed E-state index contributed by atoms with van der Waals surface area (Å²) >= 11 is 0. The zero-order valence-corrected chi connectivity index (χ0v) is 11.1. The van der Waals surface area contributed by atoms with E-state index < -0.39 is 17.5 Å². The fourth-order valence-corrected chi connectivity index (χ4v) is 1.88. The number of carbonyl (C=O) groups excluding carboxylic acids is 1. The Bertz CT molecular complexity index is 710. The number of hydrogen-bond donors (Lipinski definition) is 1. The Morgan fingerprint density at radius 1 is 1.45 bits per heavy atom. The van der Waals surface area contributed by atoms with Crippen LogP contribution in [0.3, 0.4) is 0 Å². The van der Waals surface area contributed by atoms with Crippen molar-refractivity contribution in [1.82, 2.24) is 9.97 Å². The van der Waals surface area contributed by atoms with Crippen LogP contribution in [0, 0.1) is 12.7 Å². The van der Waals surface area contributed by atoms with Gasteiger partial charge in [0.2, 0.25) is 0 Å². The van der Waals surface area contributed by atoms with Gasteiger partial charge < -0.3 is 9.72 Å². The molecule has 1 N–H and O–H groups in total. The topological polar surface area (TPSA) is 72.0 Å². The highest BCUT2D eigenvalue weighted by molar-refractivity contribution is 5.97. The lowest BCUT2D eigenvalue weighted by molar-refractivity contribution is 0.0525. The molecule has 0 saturated carbocycles. The minimum atomic E-state index is -0.604. The number of hydrogen-bond acceptors (Lipinski definition) is 4. The maximum Gasteiger partial charge on any atom is 0.345 e. The fraction of sp³-hybridized carbons (Fsp3) is 0.214. The van der Waals surface area contributed by atoms with E-state index in [0.717, 1.165) is 0 Å². The van der Waals surface area contributed by atoms with E-state index in [1.54, 1.807) is 19.9 Å². The van der Waals surface area contributed by atoms with Crippen molar-refractivity contribution in [2.75, 3.05) is 6.61 Å². The lowest BCUT2D eigenvalue weighted by Gasteiger charge is -2.10. The highest BCUT2D eigenvalue weighted by Gasteiger charge is 2.20. The minimum absolute atomic E-state index is 0.115. The molecule has 1 heterocycles. The Morgan fingerprint density at radius 2 is 2.20 bits per heavy atom. The monoisotopic (exact) mass is 276 g/mol. The van der Waals surface area contributed by atoms with Crippen LogP contribution in [0.1, 0.15) is 23.0 Å². The molecule has 0 unspecified atom stereocenters. The average molecular weight is 276 g/mol. The summed E-state index contributed by atoms with van der Waals surface area (Å²) in [6.07, 6.45) is 0. The number of nitrogens with zero attached hydrogens (tertiary/aromatic N) is 1. The molecule has 0 aliphatic carbocycles. The highest BCUT2D eigenvalue weighted by atomic mass is 19.1. The molecule has 0 radical (unpaired) electrons. The number of benzene rings is 1. The van der Waals surface area contributed by atoms with Crippen molar-refractivity contribution >= 4 is 5.97 Å². The van der Waals surface area contributed by atoms with E-state index in [-0.39, 0.29) is 17.9 Å². The van der Waals surface area contributed by atoms with E-state index in [1.807, 2.05) is 0 Å². The molecule has 104 valence electrons. The van der Waals surface area contributed by atoms with Crippen LogP contribution in [-0.4, -0.2) is 22.5 Å². The molecular formula is C14H13FN2O3. The summed E-state index contributed by atoms with van der Waals surface area (Å²) in [7, 11) is 0. The minimum Gasteiger partial charge on any atom is -0.462 e. The molecule has 0 aliphatic rings. The van der Waals surface area contributed by atoms with Crippen LogP contribution in [-0.2, 0) is 4.74 Å². The Labute approximate surface area is 114 Å². The first-order valence-corrected chi connectivity index (χ1v) is 6.07. The molecule has 2 rings (SSSR count). The van der Waals surface area contributed by atoms with Crippen LogP contribution in [0.5, 0.6) is 0 Å². The predicted molar refractivity (Wildman–Crippen MR) is 70.9 cm³/mol. The van der Waals surface area contributed by atoms with Gasteiger partial charge in [0.05, 0.1) is 12.3 Å². The zero-order valence-electron chi connectivity index (χ0n) is 11.1. The molecule has 0 fully saturated rings. The van der Waals surface area contributed by atoms with Gasteiger partial charge in [-0.25, -0.2) is 14.0 Å². The maximum atomic E-state index is 13.3. The van der Waals surface area contributed by atoms with Crippen molar-refractivity contribution in [3.05, 3.63) is 51.8 Å². The predicted octanol–water partition coefficient (Wildman–Crippen LogP) is 2.06. The van der Waals surface area contributed by atoms with Crippen LogP contribution in [0.25, 0.3) is 11.3 Å². The maximum absolute atomic E-state index is 13.3. The summed E-state index contributed by atoms with van der Waals surface area (Å²) in [5.41, 5.74) is 0.334. The van der Waals surface area contributed by atoms with E-state index in [9.17, 15) is 14.0 Å². The number of rotatable bonds is 3. The number of halogens is 1. The molecule has 20 heavy (non-hydrogen) atoms. The van der Waals surface area contributed by atoms with Crippen molar-refractivity contribution in [2.24, 2.45) is 0 Å². The SMILES string of the molecule is CCOC(=O)c1c(-c2cccc(F)c2)nc(=O)[nH]c1C. The summed E-state index contributed by atoms with van der Waals surface area (Å²) in [6, 6.07) is 5.54. The van der Waals surface area contributed by atoms with Crippen LogP contribution < -0.4 is 5.69 Å². The van der Waals surface area contributed by atoms with Gasteiger partial charge in [-0.2, -0.15) is 4.98 Å². The van der Waals surface area contributed by atoms with Gasteiger partial charge in [-0.1, -0.05) is 12.1 Å². The lowest BCUT2D eigenvalue weighted by Crippen LogP contribution is -2.19. The van der Waals surface area contributed by atoms with Gasteiger partial charge in [-0.3, -0.25) is 0 Å². The van der Waals surface area contributed by atoms with Crippen LogP contribution >= 0.6 is 0 Å². The van der Waals surface area contributed by atoms with Gasteiger partial charge >= 0.3 is 11.7 Å². The van der Waals surface area contributed by atoms with E-state index in [2.05, 4.69) is 9.97 Å². The molecule has 1 aromatic heterocycles. The first kappa shape index (κ1) is 13.9. The van der Waals surface area contributed by atoms with Crippen molar-refractivity contribution in [3.8, 4) is 11.3 Å². The quantitative estimate of drug-likeness (QED) is 0.871. The van der Waals surface area contributed by atoms with E-state index in [0.29, 0.717) is 11.3 Å².